The van der Waals surface area contributed by atoms with Gasteiger partial charge in [0.1, 0.15) is 7.85 Å². The largest absolute Gasteiger partial charge is 0.361 e. The van der Waals surface area contributed by atoms with Crippen molar-refractivity contribution in [3.05, 3.63) is 40.7 Å². The van der Waals surface area contributed by atoms with Crippen molar-refractivity contribution in [2.45, 2.75) is 0 Å². The van der Waals surface area contributed by atoms with Gasteiger partial charge >= 0.3 is 0 Å². The quantitative estimate of drug-likeness (QED) is 0.546. The molecule has 1 aromatic heterocycles. The first-order chi connectivity index (χ1) is 5.77. The van der Waals surface area contributed by atoms with E-state index in [1.165, 1.54) is 6.07 Å². The molecule has 0 aliphatic heterocycles. The Morgan fingerprint density at radius 1 is 1.25 bits per heavy atom. The van der Waals surface area contributed by atoms with Crippen molar-refractivity contribution in [1.82, 2.24) is 4.98 Å². The zero-order valence-corrected chi connectivity index (χ0v) is 6.37. The van der Waals surface area contributed by atoms with E-state index in [0.717, 1.165) is 5.52 Å². The summed E-state index contributed by atoms with van der Waals surface area (Å²) in [5.41, 5.74) is 1.45. The van der Waals surface area contributed by atoms with Crippen molar-refractivity contribution in [2.24, 2.45) is 0 Å². The van der Waals surface area contributed by atoms with E-state index in [1.807, 2.05) is 0 Å². The fraction of sp³-hybridized carbons (Fsp3) is 0. The number of hydrogen-bond donors (Lipinski definition) is 1. The molecule has 0 atom stereocenters. The van der Waals surface area contributed by atoms with Gasteiger partial charge in [-0.05, 0) is 12.1 Å². The molecule has 2 aromatic rings. The van der Waals surface area contributed by atoms with Crippen LogP contribution in [0, 0.1) is 0 Å². The molecule has 56 valence electrons. The van der Waals surface area contributed by atoms with Crippen LogP contribution in [0.25, 0.3) is 10.9 Å². The van der Waals surface area contributed by atoms with Crippen LogP contribution in [-0.4, -0.2) is 12.8 Å². The van der Waals surface area contributed by atoms with E-state index < -0.39 is 0 Å². The van der Waals surface area contributed by atoms with Crippen LogP contribution >= 0.6 is 0 Å². The van der Waals surface area contributed by atoms with Crippen molar-refractivity contribution < 1.29 is 0 Å². The summed E-state index contributed by atoms with van der Waals surface area (Å²) in [5.74, 6) is 0. The van der Waals surface area contributed by atoms with Crippen LogP contribution in [-0.2, 0) is 0 Å². The Morgan fingerprint density at radius 2 is 2.08 bits per heavy atom. The van der Waals surface area contributed by atoms with Crippen LogP contribution in [0.1, 0.15) is 0 Å². The Balaban J connectivity index is 2.96. The third-order valence-corrected chi connectivity index (χ3v) is 1.78. The predicted octanol–water partition coefficient (Wildman–Crippen LogP) is 0.322. The molecule has 0 aliphatic rings. The molecule has 2 radical (unpaired) electrons. The van der Waals surface area contributed by atoms with Crippen molar-refractivity contribution in [3.8, 4) is 0 Å². The zero-order valence-electron chi connectivity index (χ0n) is 6.37. The van der Waals surface area contributed by atoms with Crippen molar-refractivity contribution >= 4 is 24.2 Å². The molecule has 1 N–H and O–H groups in total. The summed E-state index contributed by atoms with van der Waals surface area (Å²) in [6.45, 7) is 0. The lowest BCUT2D eigenvalue weighted by Gasteiger charge is -1.97. The number of aromatic nitrogens is 1. The summed E-state index contributed by atoms with van der Waals surface area (Å²) >= 11 is 0. The van der Waals surface area contributed by atoms with Gasteiger partial charge in [0.05, 0.1) is 0 Å². The second kappa shape index (κ2) is 2.52. The minimum atomic E-state index is 0.0174. The lowest BCUT2D eigenvalue weighted by Crippen LogP contribution is -2.05. The van der Waals surface area contributed by atoms with Crippen LogP contribution in [0.4, 0.5) is 0 Å². The van der Waals surface area contributed by atoms with Gasteiger partial charge in [0.2, 0.25) is 0 Å². The first-order valence-corrected chi connectivity index (χ1v) is 3.64. The highest BCUT2D eigenvalue weighted by molar-refractivity contribution is 6.33. The molecule has 0 saturated carbocycles. The van der Waals surface area contributed by atoms with Gasteiger partial charge < -0.3 is 4.98 Å². The third kappa shape index (κ3) is 1.03. The standard InChI is InChI=1S/C9H6BNO/c10-6-1-2-7-8(5-6)11-4-3-9(7)12/h1-5H,(H,11,12). The van der Waals surface area contributed by atoms with Crippen molar-refractivity contribution in [3.63, 3.8) is 0 Å². The second-order valence-electron chi connectivity index (χ2n) is 2.65. The maximum atomic E-state index is 11.2. The molecule has 0 aliphatic carbocycles. The molecule has 1 aromatic carbocycles. The van der Waals surface area contributed by atoms with E-state index in [1.54, 1.807) is 24.4 Å². The van der Waals surface area contributed by atoms with E-state index in [2.05, 4.69) is 4.98 Å². The van der Waals surface area contributed by atoms with Gasteiger partial charge in [-0.3, -0.25) is 4.79 Å². The molecular formula is C9H6BNO. The molecule has 3 heteroatoms. The molecule has 0 bridgehead atoms. The van der Waals surface area contributed by atoms with Crippen LogP contribution in [0.5, 0.6) is 0 Å². The van der Waals surface area contributed by atoms with Gasteiger partial charge in [0.15, 0.2) is 5.43 Å². The van der Waals surface area contributed by atoms with Gasteiger partial charge in [-0.1, -0.05) is 11.5 Å². The summed E-state index contributed by atoms with van der Waals surface area (Å²) in [6, 6.07) is 6.69. The topological polar surface area (TPSA) is 32.9 Å². The van der Waals surface area contributed by atoms with Gasteiger partial charge in [-0.25, -0.2) is 0 Å². The van der Waals surface area contributed by atoms with Gasteiger partial charge in [-0.15, -0.1) is 0 Å². The third-order valence-electron chi connectivity index (χ3n) is 1.78. The molecule has 0 unspecified atom stereocenters. The molecular weight excluding hydrogens is 149 g/mol. The van der Waals surface area contributed by atoms with Crippen molar-refractivity contribution in [2.75, 3.05) is 0 Å². The molecule has 2 rings (SSSR count). The highest BCUT2D eigenvalue weighted by Crippen LogP contribution is 2.01. The number of hydrogen-bond acceptors (Lipinski definition) is 1. The molecule has 0 spiro atoms. The Labute approximate surface area is 70.6 Å². The summed E-state index contributed by atoms with van der Waals surface area (Å²) in [7, 11) is 5.55. The smallest absolute Gasteiger partial charge is 0.189 e. The minimum Gasteiger partial charge on any atom is -0.361 e. The number of pyridine rings is 1. The maximum Gasteiger partial charge on any atom is 0.189 e. The van der Waals surface area contributed by atoms with Gasteiger partial charge in [0, 0.05) is 23.2 Å². The van der Waals surface area contributed by atoms with E-state index in [-0.39, 0.29) is 5.43 Å². The highest BCUT2D eigenvalue weighted by atomic mass is 16.1. The summed E-state index contributed by atoms with van der Waals surface area (Å²) in [5, 5.41) is 0.673. The lowest BCUT2D eigenvalue weighted by molar-refractivity contribution is 1.39. The lowest BCUT2D eigenvalue weighted by atomic mass is 9.95. The normalized spacial score (nSPS) is 10.3. The molecule has 12 heavy (non-hydrogen) atoms. The van der Waals surface area contributed by atoms with E-state index >= 15 is 0 Å². The molecule has 0 saturated heterocycles. The SMILES string of the molecule is [B]c1ccc2c(=O)cc[nH]c2c1. The number of nitrogens with one attached hydrogen (secondary N) is 1. The Hall–Kier alpha value is -1.51. The van der Waals surface area contributed by atoms with Crippen molar-refractivity contribution in [1.29, 1.82) is 0 Å². The maximum absolute atomic E-state index is 11.2. The Kier molecular flexibility index (Phi) is 1.50. The molecule has 2 nitrogen and oxygen atoms in total. The number of H-pyrrole nitrogens is 1. The van der Waals surface area contributed by atoms with Crippen LogP contribution < -0.4 is 10.9 Å². The Morgan fingerprint density at radius 3 is 2.92 bits per heavy atom. The van der Waals surface area contributed by atoms with Gasteiger partial charge in [0.25, 0.3) is 0 Å². The first kappa shape index (κ1) is 7.16. The first-order valence-electron chi connectivity index (χ1n) is 3.64. The van der Waals surface area contributed by atoms with Gasteiger partial charge in [-0.2, -0.15) is 0 Å². The van der Waals surface area contributed by atoms with Crippen LogP contribution in [0.2, 0.25) is 0 Å². The highest BCUT2D eigenvalue weighted by Gasteiger charge is 1.95. The predicted molar refractivity (Wildman–Crippen MR) is 50.0 cm³/mol. The molecule has 0 amide bonds. The molecule has 1 heterocycles. The van der Waals surface area contributed by atoms with Crippen LogP contribution in [0.3, 0.4) is 0 Å². The number of rotatable bonds is 0. The second-order valence-corrected chi connectivity index (χ2v) is 2.65. The summed E-state index contributed by atoms with van der Waals surface area (Å²) in [4.78, 5) is 14.2. The molecule has 0 fully saturated rings. The number of aromatic amines is 1. The fourth-order valence-electron chi connectivity index (χ4n) is 1.19. The number of benzene rings is 1. The fourth-order valence-corrected chi connectivity index (χ4v) is 1.19. The van der Waals surface area contributed by atoms with E-state index in [9.17, 15) is 4.79 Å². The zero-order chi connectivity index (χ0) is 8.55. The average molecular weight is 155 g/mol. The minimum absolute atomic E-state index is 0.0174. The van der Waals surface area contributed by atoms with Crippen LogP contribution in [0.15, 0.2) is 35.3 Å². The van der Waals surface area contributed by atoms with E-state index in [4.69, 9.17) is 7.85 Å². The Bertz CT molecular complexity index is 475. The van der Waals surface area contributed by atoms with E-state index in [0.29, 0.717) is 10.8 Å². The monoisotopic (exact) mass is 155 g/mol. The summed E-state index contributed by atoms with van der Waals surface area (Å²) < 4.78 is 0. The summed E-state index contributed by atoms with van der Waals surface area (Å²) in [6.07, 6.45) is 1.62. The average Bonchev–Trinajstić information content (AvgIpc) is 2.04. The number of fused-ring (bicyclic) bond motifs is 1.